The van der Waals surface area contributed by atoms with Gasteiger partial charge < -0.3 is 5.32 Å². The lowest BCUT2D eigenvalue weighted by molar-refractivity contribution is 0.672. The van der Waals surface area contributed by atoms with Crippen LogP contribution in [-0.4, -0.2) is 32.2 Å². The molecule has 0 saturated carbocycles. The maximum atomic E-state index is 11.3. The monoisotopic (exact) mass is 283 g/mol. The number of thiophene rings is 1. The van der Waals surface area contributed by atoms with Crippen LogP contribution in [0, 0.1) is 6.92 Å². The van der Waals surface area contributed by atoms with Gasteiger partial charge in [-0.25, -0.2) is 9.97 Å². The Hall–Kier alpha value is -1.01. The zero-order valence-electron chi connectivity index (χ0n) is 10.8. The number of anilines is 1. The highest BCUT2D eigenvalue weighted by atomic mass is 32.2. The second-order valence-electron chi connectivity index (χ2n) is 4.34. The van der Waals surface area contributed by atoms with E-state index in [1.807, 2.05) is 6.92 Å². The van der Waals surface area contributed by atoms with E-state index in [9.17, 15) is 4.21 Å². The van der Waals surface area contributed by atoms with Crippen LogP contribution in [0.5, 0.6) is 0 Å². The third-order valence-corrected chi connectivity index (χ3v) is 5.40. The van der Waals surface area contributed by atoms with E-state index >= 15 is 0 Å². The maximum absolute atomic E-state index is 11.3. The first-order valence-electron chi connectivity index (χ1n) is 5.84. The van der Waals surface area contributed by atoms with Crippen LogP contribution in [0.3, 0.4) is 0 Å². The molecular formula is C12H17N3OS2. The molecule has 0 radical (unpaired) electrons. The van der Waals surface area contributed by atoms with Gasteiger partial charge in [-0.3, -0.25) is 4.21 Å². The highest BCUT2D eigenvalue weighted by Gasteiger charge is 2.09. The first-order valence-corrected chi connectivity index (χ1v) is 8.34. The van der Waals surface area contributed by atoms with Gasteiger partial charge >= 0.3 is 0 Å². The summed E-state index contributed by atoms with van der Waals surface area (Å²) in [6.07, 6.45) is 4.21. The predicted molar refractivity (Wildman–Crippen MR) is 78.8 cm³/mol. The van der Waals surface area contributed by atoms with Crippen molar-refractivity contribution in [3.63, 3.8) is 0 Å². The van der Waals surface area contributed by atoms with E-state index in [4.69, 9.17) is 0 Å². The second-order valence-corrected chi connectivity index (χ2v) is 7.02. The molecule has 0 aromatic carbocycles. The summed E-state index contributed by atoms with van der Waals surface area (Å²) in [4.78, 5) is 8.56. The van der Waals surface area contributed by atoms with E-state index in [-0.39, 0.29) is 5.25 Å². The van der Waals surface area contributed by atoms with Gasteiger partial charge in [-0.2, -0.15) is 0 Å². The summed E-state index contributed by atoms with van der Waals surface area (Å²) in [6, 6.07) is 0. The molecule has 0 fully saturated rings. The highest BCUT2D eigenvalue weighted by molar-refractivity contribution is 7.84. The topological polar surface area (TPSA) is 54.9 Å². The standard InChI is InChI=1S/C12H17N3OS2/c1-8-6-17-11-10(8)14-7-15-12(11)13-5-4-9(2)18(3)16/h6-7,9H,4-5H2,1-3H3,(H,13,14,15). The van der Waals surface area contributed by atoms with Crippen molar-refractivity contribution >= 4 is 38.2 Å². The van der Waals surface area contributed by atoms with Crippen molar-refractivity contribution in [3.05, 3.63) is 17.3 Å². The van der Waals surface area contributed by atoms with Crippen molar-refractivity contribution in [3.8, 4) is 0 Å². The van der Waals surface area contributed by atoms with Crippen molar-refractivity contribution in [2.75, 3.05) is 18.1 Å². The summed E-state index contributed by atoms with van der Waals surface area (Å²) in [5.41, 5.74) is 2.20. The van der Waals surface area contributed by atoms with Crippen LogP contribution in [0.15, 0.2) is 11.7 Å². The Labute approximate surface area is 113 Å². The Morgan fingerprint density at radius 1 is 1.50 bits per heavy atom. The van der Waals surface area contributed by atoms with Crippen molar-refractivity contribution < 1.29 is 4.21 Å². The molecular weight excluding hydrogens is 266 g/mol. The summed E-state index contributed by atoms with van der Waals surface area (Å²) >= 11 is 1.66. The van der Waals surface area contributed by atoms with Gasteiger partial charge in [0.15, 0.2) is 0 Å². The van der Waals surface area contributed by atoms with Gasteiger partial charge in [-0.1, -0.05) is 6.92 Å². The number of fused-ring (bicyclic) bond motifs is 1. The molecule has 0 saturated heterocycles. The summed E-state index contributed by atoms with van der Waals surface area (Å²) in [5.74, 6) is 0.882. The van der Waals surface area contributed by atoms with E-state index in [0.717, 1.165) is 29.0 Å². The summed E-state index contributed by atoms with van der Waals surface area (Å²) in [5, 5.41) is 5.61. The zero-order valence-corrected chi connectivity index (χ0v) is 12.4. The number of aromatic nitrogens is 2. The Balaban J connectivity index is 2.06. The average molecular weight is 283 g/mol. The smallest absolute Gasteiger partial charge is 0.147 e. The third-order valence-electron chi connectivity index (χ3n) is 2.94. The van der Waals surface area contributed by atoms with Crippen molar-refractivity contribution in [1.82, 2.24) is 9.97 Å². The largest absolute Gasteiger partial charge is 0.369 e. The first-order chi connectivity index (χ1) is 8.59. The fourth-order valence-electron chi connectivity index (χ4n) is 1.66. The van der Waals surface area contributed by atoms with Crippen LogP contribution in [0.4, 0.5) is 5.82 Å². The molecule has 2 atom stereocenters. The zero-order chi connectivity index (χ0) is 13.1. The van der Waals surface area contributed by atoms with Gasteiger partial charge in [-0.05, 0) is 24.3 Å². The molecule has 0 spiro atoms. The van der Waals surface area contributed by atoms with Crippen LogP contribution in [-0.2, 0) is 10.8 Å². The van der Waals surface area contributed by atoms with Crippen LogP contribution < -0.4 is 5.32 Å². The molecule has 0 bridgehead atoms. The number of nitrogens with one attached hydrogen (secondary N) is 1. The molecule has 18 heavy (non-hydrogen) atoms. The fraction of sp³-hybridized carbons (Fsp3) is 0.500. The molecule has 2 aromatic rings. The van der Waals surface area contributed by atoms with Crippen LogP contribution in [0.25, 0.3) is 10.2 Å². The van der Waals surface area contributed by atoms with Gasteiger partial charge in [0, 0.05) is 28.9 Å². The van der Waals surface area contributed by atoms with Crippen LogP contribution in [0.2, 0.25) is 0 Å². The predicted octanol–water partition coefficient (Wildman–Crippen LogP) is 2.57. The summed E-state index contributed by atoms with van der Waals surface area (Å²) in [7, 11) is -0.761. The van der Waals surface area contributed by atoms with Crippen LogP contribution in [0.1, 0.15) is 18.9 Å². The van der Waals surface area contributed by atoms with Gasteiger partial charge in [0.25, 0.3) is 0 Å². The maximum Gasteiger partial charge on any atom is 0.147 e. The molecule has 2 heterocycles. The number of hydrogen-bond acceptors (Lipinski definition) is 5. The van der Waals surface area contributed by atoms with E-state index in [2.05, 4.69) is 27.6 Å². The van der Waals surface area contributed by atoms with Crippen molar-refractivity contribution in [2.45, 2.75) is 25.5 Å². The number of rotatable bonds is 5. The molecule has 2 aromatic heterocycles. The lowest BCUT2D eigenvalue weighted by Crippen LogP contribution is -2.15. The molecule has 1 N–H and O–H groups in total. The third kappa shape index (κ3) is 2.87. The molecule has 0 aliphatic carbocycles. The molecule has 98 valence electrons. The quantitative estimate of drug-likeness (QED) is 0.916. The molecule has 4 nitrogen and oxygen atoms in total. The van der Waals surface area contributed by atoms with Crippen LogP contribution >= 0.6 is 11.3 Å². The Bertz CT molecular complexity index is 567. The van der Waals surface area contributed by atoms with E-state index in [1.54, 1.807) is 23.9 Å². The molecule has 0 amide bonds. The van der Waals surface area contributed by atoms with E-state index < -0.39 is 10.8 Å². The first kappa shape index (κ1) is 13.4. The Morgan fingerprint density at radius 2 is 2.28 bits per heavy atom. The molecule has 2 rings (SSSR count). The normalized spacial score (nSPS) is 14.6. The fourth-order valence-corrected chi connectivity index (χ4v) is 3.07. The lowest BCUT2D eigenvalue weighted by Gasteiger charge is -2.09. The van der Waals surface area contributed by atoms with Gasteiger partial charge in [0.1, 0.15) is 12.1 Å². The molecule has 0 aliphatic heterocycles. The molecule has 2 unspecified atom stereocenters. The van der Waals surface area contributed by atoms with E-state index in [0.29, 0.717) is 0 Å². The minimum Gasteiger partial charge on any atom is -0.369 e. The molecule has 0 aliphatic rings. The van der Waals surface area contributed by atoms with Gasteiger partial charge in [0.2, 0.25) is 0 Å². The summed E-state index contributed by atoms with van der Waals surface area (Å²) in [6.45, 7) is 4.84. The Kier molecular flexibility index (Phi) is 4.29. The molecule has 6 heteroatoms. The van der Waals surface area contributed by atoms with E-state index in [1.165, 1.54) is 5.56 Å². The SMILES string of the molecule is Cc1csc2c(NCCC(C)S(C)=O)ncnc12. The lowest BCUT2D eigenvalue weighted by atomic mass is 10.3. The number of aryl methyl sites for hydroxylation is 1. The highest BCUT2D eigenvalue weighted by Crippen LogP contribution is 2.28. The van der Waals surface area contributed by atoms with Crippen molar-refractivity contribution in [2.24, 2.45) is 0 Å². The average Bonchev–Trinajstić information content (AvgIpc) is 2.72. The van der Waals surface area contributed by atoms with Gasteiger partial charge in [0.05, 0.1) is 10.2 Å². The second kappa shape index (κ2) is 5.75. The number of hydrogen-bond donors (Lipinski definition) is 1. The number of nitrogens with zero attached hydrogens (tertiary/aromatic N) is 2. The minimum absolute atomic E-state index is 0.208. The Morgan fingerprint density at radius 3 is 3.00 bits per heavy atom. The minimum atomic E-state index is -0.761. The summed E-state index contributed by atoms with van der Waals surface area (Å²) < 4.78 is 12.4. The van der Waals surface area contributed by atoms with Crippen molar-refractivity contribution in [1.29, 1.82) is 0 Å². The van der Waals surface area contributed by atoms with Gasteiger partial charge in [-0.15, -0.1) is 11.3 Å².